The molecule has 0 aliphatic carbocycles. The standard InChI is InChI=1S/C18H20N2O4S/c1-19(25(22,23)16-9-7-15(24-2)8-10-16)13-18(21)20-12-11-14-5-3-4-6-17(14)20/h3-10H,11-13H2,1-2H3. The summed E-state index contributed by atoms with van der Waals surface area (Å²) in [4.78, 5) is 14.4. The van der Waals surface area contributed by atoms with Crippen molar-refractivity contribution in [3.63, 3.8) is 0 Å². The van der Waals surface area contributed by atoms with Crippen LogP contribution in [0, 0.1) is 0 Å². The first kappa shape index (κ1) is 17.4. The highest BCUT2D eigenvalue weighted by Crippen LogP contribution is 2.28. The van der Waals surface area contributed by atoms with Crippen molar-refractivity contribution in [3.05, 3.63) is 54.1 Å². The van der Waals surface area contributed by atoms with E-state index < -0.39 is 10.0 Å². The summed E-state index contributed by atoms with van der Waals surface area (Å²) in [5, 5.41) is 0. The van der Waals surface area contributed by atoms with Gasteiger partial charge in [0.25, 0.3) is 0 Å². The maximum Gasteiger partial charge on any atom is 0.243 e. The highest BCUT2D eigenvalue weighted by molar-refractivity contribution is 7.89. The van der Waals surface area contributed by atoms with Gasteiger partial charge in [0.05, 0.1) is 18.6 Å². The zero-order chi connectivity index (χ0) is 18.0. The number of anilines is 1. The fourth-order valence-corrected chi connectivity index (χ4v) is 4.01. The van der Waals surface area contributed by atoms with Gasteiger partial charge in [-0.05, 0) is 42.3 Å². The van der Waals surface area contributed by atoms with Crippen molar-refractivity contribution in [1.82, 2.24) is 4.31 Å². The number of fused-ring (bicyclic) bond motifs is 1. The molecule has 0 radical (unpaired) electrons. The lowest BCUT2D eigenvalue weighted by Crippen LogP contribution is -2.40. The Bertz CT molecular complexity index is 878. The number of methoxy groups -OCH3 is 1. The van der Waals surface area contributed by atoms with Crippen molar-refractivity contribution < 1.29 is 17.9 Å². The number of hydrogen-bond acceptors (Lipinski definition) is 4. The van der Waals surface area contributed by atoms with Crippen molar-refractivity contribution >= 4 is 21.6 Å². The van der Waals surface area contributed by atoms with Gasteiger partial charge in [-0.2, -0.15) is 4.31 Å². The van der Waals surface area contributed by atoms with Crippen LogP contribution in [0.1, 0.15) is 5.56 Å². The van der Waals surface area contributed by atoms with Crippen molar-refractivity contribution in [2.45, 2.75) is 11.3 Å². The van der Waals surface area contributed by atoms with E-state index in [0.29, 0.717) is 12.3 Å². The molecule has 0 atom stereocenters. The van der Waals surface area contributed by atoms with E-state index >= 15 is 0 Å². The quantitative estimate of drug-likeness (QED) is 0.817. The first-order valence-corrected chi connectivity index (χ1v) is 9.36. The number of likely N-dealkylation sites (N-methyl/N-ethyl adjacent to an activating group) is 1. The second kappa shape index (κ2) is 6.85. The van der Waals surface area contributed by atoms with Crippen LogP contribution in [0.25, 0.3) is 0 Å². The molecule has 0 spiro atoms. The van der Waals surface area contributed by atoms with E-state index in [9.17, 15) is 13.2 Å². The Labute approximate surface area is 147 Å². The zero-order valence-corrected chi connectivity index (χ0v) is 15.0. The number of sulfonamides is 1. The van der Waals surface area contributed by atoms with Gasteiger partial charge >= 0.3 is 0 Å². The monoisotopic (exact) mass is 360 g/mol. The molecule has 132 valence electrons. The number of amides is 1. The van der Waals surface area contributed by atoms with E-state index in [1.54, 1.807) is 17.0 Å². The lowest BCUT2D eigenvalue weighted by atomic mass is 10.2. The fourth-order valence-electron chi connectivity index (χ4n) is 2.89. The third kappa shape index (κ3) is 3.38. The first-order valence-electron chi connectivity index (χ1n) is 7.92. The third-order valence-corrected chi connectivity index (χ3v) is 6.13. The molecule has 1 heterocycles. The minimum atomic E-state index is -3.74. The Morgan fingerprint density at radius 3 is 2.52 bits per heavy atom. The molecule has 0 saturated heterocycles. The summed E-state index contributed by atoms with van der Waals surface area (Å²) in [5.41, 5.74) is 1.97. The molecule has 0 fully saturated rings. The zero-order valence-electron chi connectivity index (χ0n) is 14.2. The number of carbonyl (C=O) groups is 1. The van der Waals surface area contributed by atoms with Gasteiger partial charge in [0.2, 0.25) is 15.9 Å². The summed E-state index contributed by atoms with van der Waals surface area (Å²) in [6.45, 7) is 0.372. The second-order valence-electron chi connectivity index (χ2n) is 5.86. The van der Waals surface area contributed by atoms with Gasteiger partial charge in [0.1, 0.15) is 5.75 Å². The number of hydrogen-bond donors (Lipinski definition) is 0. The molecule has 7 heteroatoms. The smallest absolute Gasteiger partial charge is 0.243 e. The Hall–Kier alpha value is -2.38. The molecular weight excluding hydrogens is 340 g/mol. The third-order valence-electron chi connectivity index (χ3n) is 4.31. The summed E-state index contributed by atoms with van der Waals surface area (Å²) in [6, 6.07) is 13.8. The van der Waals surface area contributed by atoms with Crippen LogP contribution < -0.4 is 9.64 Å². The summed E-state index contributed by atoms with van der Waals surface area (Å²) >= 11 is 0. The Morgan fingerprint density at radius 2 is 1.84 bits per heavy atom. The van der Waals surface area contributed by atoms with Crippen molar-refractivity contribution in [2.24, 2.45) is 0 Å². The van der Waals surface area contributed by atoms with Gasteiger partial charge in [0.15, 0.2) is 0 Å². The molecule has 25 heavy (non-hydrogen) atoms. The molecule has 3 rings (SSSR count). The second-order valence-corrected chi connectivity index (χ2v) is 7.91. The maximum absolute atomic E-state index is 12.6. The highest BCUT2D eigenvalue weighted by atomic mass is 32.2. The van der Waals surface area contributed by atoms with E-state index in [-0.39, 0.29) is 17.3 Å². The molecule has 2 aromatic rings. The average molecular weight is 360 g/mol. The predicted octanol–water partition coefficient (Wildman–Crippen LogP) is 1.90. The van der Waals surface area contributed by atoms with Crippen LogP contribution >= 0.6 is 0 Å². The lowest BCUT2D eigenvalue weighted by Gasteiger charge is -2.22. The van der Waals surface area contributed by atoms with Gasteiger partial charge in [-0.1, -0.05) is 18.2 Å². The normalized spacial score (nSPS) is 13.8. The van der Waals surface area contributed by atoms with Crippen molar-refractivity contribution in [1.29, 1.82) is 0 Å². The van der Waals surface area contributed by atoms with Gasteiger partial charge in [0, 0.05) is 19.3 Å². The number of ether oxygens (including phenoxy) is 1. The SMILES string of the molecule is COc1ccc(S(=O)(=O)N(C)CC(=O)N2CCc3ccccc32)cc1. The van der Waals surface area contributed by atoms with Crippen LogP contribution in [0.15, 0.2) is 53.4 Å². The minimum Gasteiger partial charge on any atom is -0.497 e. The fraction of sp³-hybridized carbons (Fsp3) is 0.278. The van der Waals surface area contributed by atoms with Crippen LogP contribution in [0.5, 0.6) is 5.75 Å². The average Bonchev–Trinajstić information content (AvgIpc) is 3.06. The van der Waals surface area contributed by atoms with Crippen LogP contribution in [0.2, 0.25) is 0 Å². The van der Waals surface area contributed by atoms with E-state index in [2.05, 4.69) is 0 Å². The number of rotatable bonds is 5. The molecule has 1 aliphatic heterocycles. The molecule has 1 aliphatic rings. The molecule has 0 N–H and O–H groups in total. The predicted molar refractivity (Wildman–Crippen MR) is 95.3 cm³/mol. The molecule has 0 bridgehead atoms. The highest BCUT2D eigenvalue weighted by Gasteiger charge is 2.28. The minimum absolute atomic E-state index is 0.130. The van der Waals surface area contributed by atoms with Gasteiger partial charge in [-0.15, -0.1) is 0 Å². The van der Waals surface area contributed by atoms with Crippen LogP contribution in [-0.2, 0) is 21.2 Å². The summed E-state index contributed by atoms with van der Waals surface area (Å²) < 4.78 is 31.4. The van der Waals surface area contributed by atoms with E-state index in [1.165, 1.54) is 26.3 Å². The summed E-state index contributed by atoms with van der Waals surface area (Å²) in [6.07, 6.45) is 0.789. The summed E-state index contributed by atoms with van der Waals surface area (Å²) in [5.74, 6) is 0.343. The molecular formula is C18H20N2O4S. The first-order chi connectivity index (χ1) is 11.9. The number of nitrogens with zero attached hydrogens (tertiary/aromatic N) is 2. The van der Waals surface area contributed by atoms with Gasteiger partial charge in [-0.3, -0.25) is 4.79 Å². The van der Waals surface area contributed by atoms with Gasteiger partial charge in [-0.25, -0.2) is 8.42 Å². The molecule has 6 nitrogen and oxygen atoms in total. The maximum atomic E-state index is 12.6. The largest absolute Gasteiger partial charge is 0.497 e. The Kier molecular flexibility index (Phi) is 4.78. The molecule has 0 saturated carbocycles. The van der Waals surface area contributed by atoms with E-state index in [4.69, 9.17) is 4.74 Å². The number of carbonyl (C=O) groups excluding carboxylic acids is 1. The van der Waals surface area contributed by atoms with Crippen molar-refractivity contribution in [2.75, 3.05) is 32.1 Å². The van der Waals surface area contributed by atoms with Crippen molar-refractivity contribution in [3.8, 4) is 5.75 Å². The number of para-hydroxylation sites is 1. The number of benzene rings is 2. The van der Waals surface area contributed by atoms with Crippen LogP contribution in [0.4, 0.5) is 5.69 Å². The lowest BCUT2D eigenvalue weighted by molar-refractivity contribution is -0.118. The van der Waals surface area contributed by atoms with Gasteiger partial charge < -0.3 is 9.64 Å². The molecule has 0 unspecified atom stereocenters. The Morgan fingerprint density at radius 1 is 1.16 bits per heavy atom. The molecule has 1 amide bonds. The van der Waals surface area contributed by atoms with E-state index in [0.717, 1.165) is 22.0 Å². The summed E-state index contributed by atoms with van der Waals surface area (Å²) in [7, 11) is -0.804. The van der Waals surface area contributed by atoms with E-state index in [1.807, 2.05) is 24.3 Å². The van der Waals surface area contributed by atoms with Crippen LogP contribution in [-0.4, -0.2) is 45.9 Å². The topological polar surface area (TPSA) is 66.9 Å². The molecule has 0 aromatic heterocycles. The molecule has 2 aromatic carbocycles. The van der Waals surface area contributed by atoms with Crippen LogP contribution in [0.3, 0.4) is 0 Å². The Balaban J connectivity index is 1.75.